The second-order valence-corrected chi connectivity index (χ2v) is 5.02. The molecule has 0 aliphatic rings. The number of rotatable bonds is 6. The Hall–Kier alpha value is -3.20. The molecule has 0 fully saturated rings. The van der Waals surface area contributed by atoms with E-state index in [2.05, 4.69) is 5.32 Å². The Labute approximate surface area is 140 Å². The van der Waals surface area contributed by atoms with Gasteiger partial charge in [-0.05, 0) is 48.9 Å². The average molecular weight is 325 g/mol. The summed E-state index contributed by atoms with van der Waals surface area (Å²) in [6.07, 6.45) is 0. The number of nitrogen functional groups attached to an aromatic ring is 1. The molecule has 0 amide bonds. The van der Waals surface area contributed by atoms with Gasteiger partial charge >= 0.3 is 5.97 Å². The lowest BCUT2D eigenvalue weighted by Gasteiger charge is -2.19. The van der Waals surface area contributed by atoms with Gasteiger partial charge < -0.3 is 20.5 Å². The van der Waals surface area contributed by atoms with E-state index in [1.54, 1.807) is 42.5 Å². The van der Waals surface area contributed by atoms with Gasteiger partial charge in [0.1, 0.15) is 5.75 Å². The lowest BCUT2D eigenvalue weighted by Crippen LogP contribution is -2.22. The first-order valence-corrected chi connectivity index (χ1v) is 7.45. The van der Waals surface area contributed by atoms with Crippen LogP contribution in [0.1, 0.15) is 24.1 Å². The molecule has 6 heteroatoms. The molecule has 0 spiro atoms. The Kier molecular flexibility index (Phi) is 5.63. The average Bonchev–Trinajstić information content (AvgIpc) is 2.61. The van der Waals surface area contributed by atoms with Gasteiger partial charge in [0, 0.05) is 5.69 Å². The first-order chi connectivity index (χ1) is 11.6. The van der Waals surface area contributed by atoms with Gasteiger partial charge in [-0.3, -0.25) is 0 Å². The Morgan fingerprint density at radius 2 is 2.00 bits per heavy atom. The zero-order valence-electron chi connectivity index (χ0n) is 13.6. The van der Waals surface area contributed by atoms with Crippen molar-refractivity contribution < 1.29 is 14.3 Å². The molecular formula is C18H19N3O3. The number of hydrogen-bond acceptors (Lipinski definition) is 6. The molecule has 3 N–H and O–H groups in total. The Morgan fingerprint density at radius 1 is 1.29 bits per heavy atom. The summed E-state index contributed by atoms with van der Waals surface area (Å²) in [5, 5.41) is 11.9. The molecule has 1 unspecified atom stereocenters. The van der Waals surface area contributed by atoms with E-state index in [0.29, 0.717) is 34.9 Å². The molecule has 124 valence electrons. The summed E-state index contributed by atoms with van der Waals surface area (Å²) in [5.74, 6) is 0.131. The van der Waals surface area contributed by atoms with Gasteiger partial charge in [-0.1, -0.05) is 6.07 Å². The molecule has 0 bridgehead atoms. The Balaban J connectivity index is 2.29. The van der Waals surface area contributed by atoms with Gasteiger partial charge in [0.2, 0.25) is 0 Å². The summed E-state index contributed by atoms with van der Waals surface area (Å²) in [4.78, 5) is 12.2. The molecule has 6 nitrogen and oxygen atoms in total. The van der Waals surface area contributed by atoms with E-state index in [1.165, 1.54) is 7.11 Å². The molecule has 0 saturated carbocycles. The Morgan fingerprint density at radius 3 is 2.54 bits per heavy atom. The number of carbonyl (C=O) groups is 1. The van der Waals surface area contributed by atoms with Crippen molar-refractivity contribution in [2.45, 2.75) is 13.0 Å². The van der Waals surface area contributed by atoms with Crippen LogP contribution in [0.5, 0.6) is 5.75 Å². The molecular weight excluding hydrogens is 306 g/mol. The molecule has 2 aromatic rings. The third-order valence-corrected chi connectivity index (χ3v) is 3.43. The van der Waals surface area contributed by atoms with Crippen molar-refractivity contribution in [3.05, 3.63) is 53.6 Å². The highest BCUT2D eigenvalue weighted by Crippen LogP contribution is 2.28. The molecule has 1 atom stereocenters. The van der Waals surface area contributed by atoms with E-state index in [9.17, 15) is 4.79 Å². The monoisotopic (exact) mass is 325 g/mol. The molecule has 0 radical (unpaired) electrons. The molecule has 2 rings (SSSR count). The van der Waals surface area contributed by atoms with Crippen molar-refractivity contribution in [3.8, 4) is 11.8 Å². The number of methoxy groups -OCH3 is 1. The first kappa shape index (κ1) is 17.2. The third-order valence-electron chi connectivity index (χ3n) is 3.43. The van der Waals surface area contributed by atoms with Gasteiger partial charge in [0.25, 0.3) is 0 Å². The standard InChI is InChI=1S/C18H19N3O3/c1-3-24-16-9-6-13(10-15(16)20)17(18(22)23-2)21-14-7-4-12(11-19)5-8-14/h4-10,17,21H,3,20H2,1-2H3. The number of benzene rings is 2. The number of nitrogens with zero attached hydrogens (tertiary/aromatic N) is 1. The smallest absolute Gasteiger partial charge is 0.332 e. The van der Waals surface area contributed by atoms with Gasteiger partial charge in [0.05, 0.1) is 31.0 Å². The third kappa shape index (κ3) is 3.96. The fraction of sp³-hybridized carbons (Fsp3) is 0.222. The lowest BCUT2D eigenvalue weighted by molar-refractivity contribution is -0.141. The molecule has 0 aromatic heterocycles. The summed E-state index contributed by atoms with van der Waals surface area (Å²) < 4.78 is 10.3. The SMILES string of the molecule is CCOc1ccc(C(Nc2ccc(C#N)cc2)C(=O)OC)cc1N. The van der Waals surface area contributed by atoms with Crippen molar-refractivity contribution >= 4 is 17.3 Å². The number of nitrogens with one attached hydrogen (secondary N) is 1. The number of ether oxygens (including phenoxy) is 2. The number of nitrogens with two attached hydrogens (primary N) is 1. The van der Waals surface area contributed by atoms with Gasteiger partial charge in [-0.2, -0.15) is 5.26 Å². The minimum absolute atomic E-state index is 0.442. The van der Waals surface area contributed by atoms with Crippen LogP contribution < -0.4 is 15.8 Å². The van der Waals surface area contributed by atoms with Crippen LogP contribution in [-0.4, -0.2) is 19.7 Å². The molecule has 2 aromatic carbocycles. The van der Waals surface area contributed by atoms with E-state index in [0.717, 1.165) is 0 Å². The number of carbonyl (C=O) groups excluding carboxylic acids is 1. The van der Waals surface area contributed by atoms with Gasteiger partial charge in [-0.15, -0.1) is 0 Å². The topological polar surface area (TPSA) is 97.4 Å². The number of anilines is 2. The minimum atomic E-state index is -0.721. The van der Waals surface area contributed by atoms with Crippen LogP contribution in [0.25, 0.3) is 0 Å². The lowest BCUT2D eigenvalue weighted by atomic mass is 10.0. The zero-order valence-corrected chi connectivity index (χ0v) is 13.6. The maximum Gasteiger partial charge on any atom is 0.332 e. The van der Waals surface area contributed by atoms with Crippen LogP contribution in [0.2, 0.25) is 0 Å². The van der Waals surface area contributed by atoms with E-state index in [1.807, 2.05) is 13.0 Å². The van der Waals surface area contributed by atoms with Crippen LogP contribution in [-0.2, 0) is 9.53 Å². The summed E-state index contributed by atoms with van der Waals surface area (Å²) in [6, 6.07) is 13.3. The van der Waals surface area contributed by atoms with Crippen molar-refractivity contribution in [1.29, 1.82) is 5.26 Å². The fourth-order valence-corrected chi connectivity index (χ4v) is 2.24. The van der Waals surface area contributed by atoms with E-state index in [4.69, 9.17) is 20.5 Å². The zero-order chi connectivity index (χ0) is 17.5. The predicted octanol–water partition coefficient (Wildman–Crippen LogP) is 2.87. The second kappa shape index (κ2) is 7.88. The van der Waals surface area contributed by atoms with E-state index in [-0.39, 0.29) is 0 Å². The van der Waals surface area contributed by atoms with Gasteiger partial charge in [-0.25, -0.2) is 4.79 Å². The molecule has 24 heavy (non-hydrogen) atoms. The van der Waals surface area contributed by atoms with Crippen molar-refractivity contribution in [1.82, 2.24) is 0 Å². The highest BCUT2D eigenvalue weighted by atomic mass is 16.5. The molecule has 0 aliphatic heterocycles. The maximum absolute atomic E-state index is 12.2. The highest BCUT2D eigenvalue weighted by molar-refractivity contribution is 5.81. The van der Waals surface area contributed by atoms with Crippen LogP contribution in [0.15, 0.2) is 42.5 Å². The van der Waals surface area contributed by atoms with Crippen molar-refractivity contribution in [2.24, 2.45) is 0 Å². The molecule has 0 saturated heterocycles. The second-order valence-electron chi connectivity index (χ2n) is 5.02. The summed E-state index contributed by atoms with van der Waals surface area (Å²) in [7, 11) is 1.33. The van der Waals surface area contributed by atoms with Crippen LogP contribution in [0, 0.1) is 11.3 Å². The maximum atomic E-state index is 12.2. The van der Waals surface area contributed by atoms with Gasteiger partial charge in [0.15, 0.2) is 6.04 Å². The molecule has 0 aliphatic carbocycles. The first-order valence-electron chi connectivity index (χ1n) is 7.45. The molecule has 0 heterocycles. The van der Waals surface area contributed by atoms with Crippen molar-refractivity contribution in [3.63, 3.8) is 0 Å². The summed E-state index contributed by atoms with van der Waals surface area (Å²) >= 11 is 0. The van der Waals surface area contributed by atoms with Crippen molar-refractivity contribution in [2.75, 3.05) is 24.8 Å². The number of hydrogen-bond donors (Lipinski definition) is 2. The summed E-state index contributed by atoms with van der Waals surface area (Å²) in [5.41, 5.74) is 8.32. The number of nitriles is 1. The van der Waals surface area contributed by atoms with E-state index < -0.39 is 12.0 Å². The van der Waals surface area contributed by atoms with Crippen LogP contribution in [0.4, 0.5) is 11.4 Å². The quantitative estimate of drug-likeness (QED) is 0.626. The Bertz CT molecular complexity index is 751. The largest absolute Gasteiger partial charge is 0.492 e. The fourth-order valence-electron chi connectivity index (χ4n) is 2.24. The van der Waals surface area contributed by atoms with E-state index >= 15 is 0 Å². The van der Waals surface area contributed by atoms with Crippen LogP contribution >= 0.6 is 0 Å². The summed E-state index contributed by atoms with van der Waals surface area (Å²) in [6.45, 7) is 2.38. The number of esters is 1. The van der Waals surface area contributed by atoms with Crippen LogP contribution in [0.3, 0.4) is 0 Å². The predicted molar refractivity (Wildman–Crippen MR) is 91.6 cm³/mol. The normalized spacial score (nSPS) is 11.2. The highest BCUT2D eigenvalue weighted by Gasteiger charge is 2.22. The minimum Gasteiger partial charge on any atom is -0.492 e.